The normalized spacial score (nSPS) is 16.0. The van der Waals surface area contributed by atoms with E-state index >= 15 is 0 Å². The van der Waals surface area contributed by atoms with Crippen LogP contribution in [0.5, 0.6) is 11.5 Å². The summed E-state index contributed by atoms with van der Waals surface area (Å²) in [5.74, 6) is 0.946. The topological polar surface area (TPSA) is 96.0 Å². The van der Waals surface area contributed by atoms with Gasteiger partial charge in [0.1, 0.15) is 11.6 Å². The number of rotatable bonds is 3. The minimum Gasteiger partial charge on any atom is -0.459 e. The van der Waals surface area contributed by atoms with Crippen LogP contribution in [0.1, 0.15) is 16.1 Å². The number of amides is 2. The summed E-state index contributed by atoms with van der Waals surface area (Å²) in [5, 5.41) is 9.45. The molecule has 0 N–H and O–H groups in total. The predicted molar refractivity (Wildman–Crippen MR) is 97.3 cm³/mol. The van der Waals surface area contributed by atoms with Crippen molar-refractivity contribution in [1.29, 1.82) is 5.26 Å². The van der Waals surface area contributed by atoms with E-state index in [1.54, 1.807) is 40.1 Å². The zero-order valence-electron chi connectivity index (χ0n) is 15.0. The molecule has 1 fully saturated rings. The van der Waals surface area contributed by atoms with E-state index in [-0.39, 0.29) is 29.9 Å². The molecule has 8 heteroatoms. The van der Waals surface area contributed by atoms with Crippen molar-refractivity contribution < 1.29 is 23.5 Å². The Morgan fingerprint density at radius 3 is 2.50 bits per heavy atom. The van der Waals surface area contributed by atoms with Crippen LogP contribution in [0.3, 0.4) is 0 Å². The average molecular weight is 379 g/mol. The van der Waals surface area contributed by atoms with E-state index in [0.717, 1.165) is 0 Å². The number of fused-ring (bicyclic) bond motifs is 1. The molecule has 4 rings (SSSR count). The number of piperazine rings is 1. The third-order valence-corrected chi connectivity index (χ3v) is 4.64. The largest absolute Gasteiger partial charge is 0.459 e. The van der Waals surface area contributed by atoms with Crippen LogP contribution in [-0.4, -0.2) is 54.6 Å². The second-order valence-corrected chi connectivity index (χ2v) is 6.34. The molecule has 8 nitrogen and oxygen atoms in total. The maximum absolute atomic E-state index is 12.7. The summed E-state index contributed by atoms with van der Waals surface area (Å²) >= 11 is 0. The van der Waals surface area contributed by atoms with Gasteiger partial charge in [0, 0.05) is 26.2 Å². The molecule has 0 spiro atoms. The van der Waals surface area contributed by atoms with Crippen LogP contribution in [0.4, 0.5) is 0 Å². The van der Waals surface area contributed by atoms with Crippen LogP contribution in [0, 0.1) is 11.3 Å². The van der Waals surface area contributed by atoms with Crippen LogP contribution in [0.15, 0.2) is 46.6 Å². The molecule has 0 radical (unpaired) electrons. The minimum absolute atomic E-state index is 0.0321. The second-order valence-electron chi connectivity index (χ2n) is 6.34. The van der Waals surface area contributed by atoms with E-state index in [1.807, 2.05) is 6.07 Å². The predicted octanol–water partition coefficient (Wildman–Crippen LogP) is 1.90. The summed E-state index contributed by atoms with van der Waals surface area (Å²) in [6.45, 7) is 1.63. The van der Waals surface area contributed by atoms with Gasteiger partial charge in [0.15, 0.2) is 17.3 Å². The number of carbonyl (C=O) groups is 2. The molecule has 2 amide bonds. The van der Waals surface area contributed by atoms with Crippen LogP contribution in [-0.2, 0) is 4.79 Å². The Hall–Kier alpha value is -3.73. The lowest BCUT2D eigenvalue weighted by Gasteiger charge is -2.34. The molecule has 142 valence electrons. The Balaban J connectivity index is 1.42. The zero-order chi connectivity index (χ0) is 19.5. The average Bonchev–Trinajstić information content (AvgIpc) is 3.42. The third kappa shape index (κ3) is 3.42. The fourth-order valence-corrected chi connectivity index (χ4v) is 3.15. The van der Waals surface area contributed by atoms with E-state index in [0.29, 0.717) is 43.2 Å². The van der Waals surface area contributed by atoms with Gasteiger partial charge in [-0.1, -0.05) is 6.07 Å². The molecule has 0 aliphatic carbocycles. The molecule has 28 heavy (non-hydrogen) atoms. The summed E-state index contributed by atoms with van der Waals surface area (Å²) in [6.07, 6.45) is 2.98. The first-order chi connectivity index (χ1) is 13.7. The lowest BCUT2D eigenvalue weighted by Crippen LogP contribution is -2.50. The van der Waals surface area contributed by atoms with Gasteiger partial charge in [0.25, 0.3) is 11.8 Å². The molecule has 3 heterocycles. The number of hydrogen-bond donors (Lipinski definition) is 0. The zero-order valence-corrected chi connectivity index (χ0v) is 15.0. The van der Waals surface area contributed by atoms with E-state index in [1.165, 1.54) is 12.3 Å². The summed E-state index contributed by atoms with van der Waals surface area (Å²) in [6, 6.07) is 10.5. The van der Waals surface area contributed by atoms with Gasteiger partial charge in [-0.3, -0.25) is 9.59 Å². The fourth-order valence-electron chi connectivity index (χ4n) is 3.15. The standard InChI is InChI=1S/C20H17N3O5/c21-12-15(10-14-3-4-16-18(11-14)28-13-27-16)19(24)22-5-7-23(8-6-22)20(25)17-2-1-9-26-17/h1-4,9-11H,5-8,13H2/b15-10+. The fraction of sp³-hybridized carbons (Fsp3) is 0.250. The Labute approximate surface area is 161 Å². The molecular weight excluding hydrogens is 362 g/mol. The Morgan fingerprint density at radius 2 is 1.79 bits per heavy atom. The lowest BCUT2D eigenvalue weighted by molar-refractivity contribution is -0.128. The monoisotopic (exact) mass is 379 g/mol. The van der Waals surface area contributed by atoms with Gasteiger partial charge in [-0.25, -0.2) is 0 Å². The van der Waals surface area contributed by atoms with E-state index in [9.17, 15) is 14.9 Å². The number of nitrogens with zero attached hydrogens (tertiary/aromatic N) is 3. The van der Waals surface area contributed by atoms with Gasteiger partial charge in [-0.05, 0) is 35.9 Å². The van der Waals surface area contributed by atoms with E-state index in [2.05, 4.69) is 0 Å². The third-order valence-electron chi connectivity index (χ3n) is 4.64. The first-order valence-corrected chi connectivity index (χ1v) is 8.79. The number of furan rings is 1. The maximum atomic E-state index is 12.7. The molecule has 2 aliphatic heterocycles. The first kappa shape index (κ1) is 17.7. The highest BCUT2D eigenvalue weighted by molar-refractivity contribution is 6.02. The summed E-state index contributed by atoms with van der Waals surface area (Å²) < 4.78 is 15.7. The van der Waals surface area contributed by atoms with Crippen molar-refractivity contribution in [2.45, 2.75) is 0 Å². The molecule has 2 aromatic rings. The molecule has 1 aromatic heterocycles. The number of hydrogen-bond acceptors (Lipinski definition) is 6. The van der Waals surface area contributed by atoms with Crippen molar-refractivity contribution in [1.82, 2.24) is 9.80 Å². The number of carbonyl (C=O) groups excluding carboxylic acids is 2. The maximum Gasteiger partial charge on any atom is 0.289 e. The van der Waals surface area contributed by atoms with Crippen molar-refractivity contribution in [2.24, 2.45) is 0 Å². The highest BCUT2D eigenvalue weighted by Crippen LogP contribution is 2.33. The number of ether oxygens (including phenoxy) is 2. The van der Waals surface area contributed by atoms with E-state index < -0.39 is 0 Å². The highest BCUT2D eigenvalue weighted by atomic mass is 16.7. The molecule has 0 saturated carbocycles. The number of nitriles is 1. The summed E-state index contributed by atoms with van der Waals surface area (Å²) in [7, 11) is 0. The Morgan fingerprint density at radius 1 is 1.04 bits per heavy atom. The van der Waals surface area contributed by atoms with Crippen LogP contribution in [0.2, 0.25) is 0 Å². The van der Waals surface area contributed by atoms with Crippen molar-refractivity contribution in [3.05, 3.63) is 53.5 Å². The molecular formula is C20H17N3O5. The van der Waals surface area contributed by atoms with Gasteiger partial charge >= 0.3 is 0 Å². The SMILES string of the molecule is N#C/C(=C\c1ccc2c(c1)OCO2)C(=O)N1CCN(C(=O)c2ccco2)CC1. The Bertz CT molecular complexity index is 966. The van der Waals surface area contributed by atoms with Crippen LogP contribution >= 0.6 is 0 Å². The summed E-state index contributed by atoms with van der Waals surface area (Å²) in [4.78, 5) is 28.2. The molecule has 1 saturated heterocycles. The quantitative estimate of drug-likeness (QED) is 0.597. The second kappa shape index (κ2) is 7.48. The Kier molecular flexibility index (Phi) is 4.72. The molecule has 0 unspecified atom stereocenters. The van der Waals surface area contributed by atoms with E-state index in [4.69, 9.17) is 13.9 Å². The molecule has 2 aliphatic rings. The van der Waals surface area contributed by atoms with Gasteiger partial charge < -0.3 is 23.7 Å². The minimum atomic E-state index is -0.356. The van der Waals surface area contributed by atoms with Gasteiger partial charge in [0.05, 0.1) is 6.26 Å². The highest BCUT2D eigenvalue weighted by Gasteiger charge is 2.27. The smallest absolute Gasteiger partial charge is 0.289 e. The first-order valence-electron chi connectivity index (χ1n) is 8.79. The van der Waals surface area contributed by atoms with Gasteiger partial charge in [-0.15, -0.1) is 0 Å². The molecule has 1 aromatic carbocycles. The lowest BCUT2D eigenvalue weighted by atomic mass is 10.1. The van der Waals surface area contributed by atoms with Crippen molar-refractivity contribution in [3.63, 3.8) is 0 Å². The van der Waals surface area contributed by atoms with Crippen molar-refractivity contribution >= 4 is 17.9 Å². The molecule has 0 atom stereocenters. The van der Waals surface area contributed by atoms with Crippen molar-refractivity contribution in [2.75, 3.05) is 33.0 Å². The van der Waals surface area contributed by atoms with Crippen molar-refractivity contribution in [3.8, 4) is 17.6 Å². The molecule has 0 bridgehead atoms. The van der Waals surface area contributed by atoms with Crippen LogP contribution < -0.4 is 9.47 Å². The van der Waals surface area contributed by atoms with Gasteiger partial charge in [-0.2, -0.15) is 5.26 Å². The van der Waals surface area contributed by atoms with Gasteiger partial charge in [0.2, 0.25) is 6.79 Å². The van der Waals surface area contributed by atoms with Crippen LogP contribution in [0.25, 0.3) is 6.08 Å². The summed E-state index contributed by atoms with van der Waals surface area (Å²) in [5.41, 5.74) is 0.713. The number of benzene rings is 1.